The van der Waals surface area contributed by atoms with Crippen molar-refractivity contribution in [3.8, 4) is 40.0 Å². The van der Waals surface area contributed by atoms with E-state index in [0.717, 1.165) is 11.3 Å². The zero-order valence-corrected chi connectivity index (χ0v) is 17.3. The lowest BCUT2D eigenvalue weighted by atomic mass is 10.1. The highest BCUT2D eigenvalue weighted by atomic mass is 16.6. The maximum atomic E-state index is 13.1. The summed E-state index contributed by atoms with van der Waals surface area (Å²) in [6, 6.07) is 20.0. The highest BCUT2D eigenvalue weighted by molar-refractivity contribution is 6.08. The van der Waals surface area contributed by atoms with E-state index in [-0.39, 0.29) is 5.91 Å². The molecule has 4 aromatic rings. The Labute approximate surface area is 184 Å². The summed E-state index contributed by atoms with van der Waals surface area (Å²) in [5, 5.41) is 2.91. The Balaban J connectivity index is 1.40. The SMILES string of the molecule is COc1ccc(-c2cnc(-c3ccccc3C(=O)Nc3ccc4c(c3)OCCO4)o2)cc1. The molecule has 5 rings (SSSR count). The van der Waals surface area contributed by atoms with Crippen LogP contribution in [0.3, 0.4) is 0 Å². The summed E-state index contributed by atoms with van der Waals surface area (Å²) in [5.41, 5.74) is 2.52. The fraction of sp³-hybridized carbons (Fsp3) is 0.120. The maximum Gasteiger partial charge on any atom is 0.256 e. The number of carbonyl (C=O) groups excluding carboxylic acids is 1. The van der Waals surface area contributed by atoms with Gasteiger partial charge in [-0.05, 0) is 48.5 Å². The number of nitrogens with one attached hydrogen (secondary N) is 1. The second kappa shape index (κ2) is 8.47. The fourth-order valence-electron chi connectivity index (χ4n) is 3.47. The molecule has 160 valence electrons. The van der Waals surface area contributed by atoms with Crippen molar-refractivity contribution < 1.29 is 23.4 Å². The molecule has 3 aromatic carbocycles. The number of methoxy groups -OCH3 is 1. The van der Waals surface area contributed by atoms with Crippen LogP contribution < -0.4 is 19.5 Å². The molecule has 1 aliphatic heterocycles. The molecule has 1 aromatic heterocycles. The van der Waals surface area contributed by atoms with E-state index >= 15 is 0 Å². The van der Waals surface area contributed by atoms with E-state index < -0.39 is 0 Å². The van der Waals surface area contributed by atoms with Crippen LogP contribution in [0.4, 0.5) is 5.69 Å². The lowest BCUT2D eigenvalue weighted by molar-refractivity contribution is 0.102. The minimum absolute atomic E-state index is 0.276. The summed E-state index contributed by atoms with van der Waals surface area (Å²) < 4.78 is 22.3. The molecule has 1 amide bonds. The Morgan fingerprint density at radius 2 is 1.75 bits per heavy atom. The molecule has 1 N–H and O–H groups in total. The van der Waals surface area contributed by atoms with Crippen molar-refractivity contribution in [1.82, 2.24) is 4.98 Å². The van der Waals surface area contributed by atoms with E-state index in [2.05, 4.69) is 10.3 Å². The fourth-order valence-corrected chi connectivity index (χ4v) is 3.47. The van der Waals surface area contributed by atoms with E-state index in [1.165, 1.54) is 0 Å². The molecule has 0 unspecified atom stereocenters. The van der Waals surface area contributed by atoms with E-state index in [1.807, 2.05) is 36.4 Å². The number of hydrogen-bond donors (Lipinski definition) is 1. The number of nitrogens with zero attached hydrogens (tertiary/aromatic N) is 1. The quantitative estimate of drug-likeness (QED) is 0.480. The van der Waals surface area contributed by atoms with Crippen molar-refractivity contribution >= 4 is 11.6 Å². The largest absolute Gasteiger partial charge is 0.497 e. The monoisotopic (exact) mass is 428 g/mol. The van der Waals surface area contributed by atoms with Crippen molar-refractivity contribution in [3.63, 3.8) is 0 Å². The van der Waals surface area contributed by atoms with Gasteiger partial charge in [-0.3, -0.25) is 4.79 Å². The third-order valence-corrected chi connectivity index (χ3v) is 5.08. The molecule has 0 aliphatic carbocycles. The standard InChI is InChI=1S/C25H20N2O5/c1-29-18-9-6-16(7-10-18)23-15-26-25(32-23)20-5-3-2-4-19(20)24(28)27-17-8-11-21-22(14-17)31-13-12-30-21/h2-11,14-15H,12-13H2,1H3,(H,27,28). The van der Waals surface area contributed by atoms with Gasteiger partial charge in [-0.25, -0.2) is 4.98 Å². The van der Waals surface area contributed by atoms with Gasteiger partial charge >= 0.3 is 0 Å². The van der Waals surface area contributed by atoms with Crippen LogP contribution in [0.15, 0.2) is 77.3 Å². The minimum Gasteiger partial charge on any atom is -0.497 e. The summed E-state index contributed by atoms with van der Waals surface area (Å²) >= 11 is 0. The van der Waals surface area contributed by atoms with E-state index in [9.17, 15) is 4.79 Å². The Hall–Kier alpha value is -4.26. The van der Waals surface area contributed by atoms with Gasteiger partial charge in [0, 0.05) is 22.9 Å². The Bertz CT molecular complexity index is 1260. The van der Waals surface area contributed by atoms with Gasteiger partial charge in [-0.1, -0.05) is 12.1 Å². The van der Waals surface area contributed by atoms with Crippen LogP contribution in [0.2, 0.25) is 0 Å². The number of carbonyl (C=O) groups is 1. The van der Waals surface area contributed by atoms with E-state index in [0.29, 0.717) is 53.2 Å². The number of oxazole rings is 1. The summed E-state index contributed by atoms with van der Waals surface area (Å²) in [6.45, 7) is 0.995. The molecule has 0 saturated carbocycles. The lowest BCUT2D eigenvalue weighted by Gasteiger charge is -2.19. The van der Waals surface area contributed by atoms with Gasteiger partial charge in [0.2, 0.25) is 5.89 Å². The second-order valence-electron chi connectivity index (χ2n) is 7.12. The first-order chi connectivity index (χ1) is 15.7. The van der Waals surface area contributed by atoms with Crippen LogP contribution in [0.5, 0.6) is 17.2 Å². The second-order valence-corrected chi connectivity index (χ2v) is 7.12. The molecule has 7 heteroatoms. The first kappa shape index (κ1) is 19.7. The van der Waals surface area contributed by atoms with Crippen LogP contribution in [0, 0.1) is 0 Å². The molecule has 0 saturated heterocycles. The molecule has 0 spiro atoms. The Morgan fingerprint density at radius 1 is 0.969 bits per heavy atom. The summed E-state index contributed by atoms with van der Waals surface area (Å²) in [5.74, 6) is 2.73. The van der Waals surface area contributed by atoms with Crippen LogP contribution in [-0.2, 0) is 0 Å². The Kier molecular flexibility index (Phi) is 5.21. The highest BCUT2D eigenvalue weighted by Crippen LogP contribution is 2.33. The molecule has 32 heavy (non-hydrogen) atoms. The van der Waals surface area contributed by atoms with Crippen LogP contribution in [-0.4, -0.2) is 31.2 Å². The van der Waals surface area contributed by atoms with Crippen molar-refractivity contribution in [2.45, 2.75) is 0 Å². The summed E-state index contributed by atoms with van der Waals surface area (Å²) in [4.78, 5) is 17.5. The highest BCUT2D eigenvalue weighted by Gasteiger charge is 2.18. The normalized spacial score (nSPS) is 12.3. The van der Waals surface area contributed by atoms with Gasteiger partial charge in [-0.2, -0.15) is 0 Å². The zero-order valence-electron chi connectivity index (χ0n) is 17.3. The molecule has 2 heterocycles. The zero-order chi connectivity index (χ0) is 21.9. The Morgan fingerprint density at radius 3 is 2.56 bits per heavy atom. The lowest BCUT2D eigenvalue weighted by Crippen LogP contribution is -2.16. The van der Waals surface area contributed by atoms with Gasteiger partial charge in [0.15, 0.2) is 17.3 Å². The number of anilines is 1. The van der Waals surface area contributed by atoms with Crippen LogP contribution in [0.1, 0.15) is 10.4 Å². The smallest absolute Gasteiger partial charge is 0.256 e. The average molecular weight is 428 g/mol. The number of ether oxygens (including phenoxy) is 3. The molecule has 7 nitrogen and oxygen atoms in total. The number of hydrogen-bond acceptors (Lipinski definition) is 6. The van der Waals surface area contributed by atoms with E-state index in [4.69, 9.17) is 18.6 Å². The van der Waals surface area contributed by atoms with Crippen LogP contribution >= 0.6 is 0 Å². The number of rotatable bonds is 5. The number of benzene rings is 3. The van der Waals surface area contributed by atoms with Gasteiger partial charge < -0.3 is 23.9 Å². The topological polar surface area (TPSA) is 82.8 Å². The first-order valence-corrected chi connectivity index (χ1v) is 10.1. The number of aromatic nitrogens is 1. The minimum atomic E-state index is -0.276. The predicted octanol–water partition coefficient (Wildman–Crippen LogP) is 5.04. The van der Waals surface area contributed by atoms with Crippen molar-refractivity contribution in [3.05, 3.63) is 78.5 Å². The van der Waals surface area contributed by atoms with Crippen molar-refractivity contribution in [1.29, 1.82) is 0 Å². The third kappa shape index (κ3) is 3.88. The number of amides is 1. The number of fused-ring (bicyclic) bond motifs is 1. The molecular weight excluding hydrogens is 408 g/mol. The maximum absolute atomic E-state index is 13.1. The summed E-state index contributed by atoms with van der Waals surface area (Å²) in [6.07, 6.45) is 1.65. The molecule has 0 bridgehead atoms. The van der Waals surface area contributed by atoms with Gasteiger partial charge in [0.05, 0.1) is 18.9 Å². The average Bonchev–Trinajstić information content (AvgIpc) is 3.34. The van der Waals surface area contributed by atoms with E-state index in [1.54, 1.807) is 43.6 Å². The third-order valence-electron chi connectivity index (χ3n) is 5.08. The molecule has 0 radical (unpaired) electrons. The molecule has 0 fully saturated rings. The molecular formula is C25H20N2O5. The van der Waals surface area contributed by atoms with Crippen LogP contribution in [0.25, 0.3) is 22.8 Å². The van der Waals surface area contributed by atoms with Gasteiger partial charge in [0.25, 0.3) is 5.91 Å². The first-order valence-electron chi connectivity index (χ1n) is 10.1. The van der Waals surface area contributed by atoms with Gasteiger partial charge in [0.1, 0.15) is 19.0 Å². The molecule has 1 aliphatic rings. The molecule has 0 atom stereocenters. The van der Waals surface area contributed by atoms with Crippen molar-refractivity contribution in [2.24, 2.45) is 0 Å². The van der Waals surface area contributed by atoms with Gasteiger partial charge in [-0.15, -0.1) is 0 Å². The van der Waals surface area contributed by atoms with Crippen molar-refractivity contribution in [2.75, 3.05) is 25.6 Å². The summed E-state index contributed by atoms with van der Waals surface area (Å²) in [7, 11) is 1.62. The predicted molar refractivity (Wildman–Crippen MR) is 119 cm³/mol.